The fraction of sp³-hybridized carbons (Fsp3) is 0.533. The Balaban J connectivity index is 2.42. The number of benzene rings is 1. The van der Waals surface area contributed by atoms with Crippen LogP contribution >= 0.6 is 0 Å². The van der Waals surface area contributed by atoms with Gasteiger partial charge in [-0.2, -0.15) is 13.2 Å². The van der Waals surface area contributed by atoms with Crippen molar-refractivity contribution in [3.05, 3.63) is 29.6 Å². The minimum absolute atomic E-state index is 0.260. The van der Waals surface area contributed by atoms with E-state index in [1.54, 1.807) is 11.5 Å². The molecule has 4 nitrogen and oxygen atoms in total. The van der Waals surface area contributed by atoms with Crippen LogP contribution in [0.15, 0.2) is 18.2 Å². The highest BCUT2D eigenvalue weighted by molar-refractivity contribution is 5.77. The molecule has 0 saturated heterocycles. The molecule has 0 radical (unpaired) electrons. The molecule has 0 spiro atoms. The first-order chi connectivity index (χ1) is 10.2. The van der Waals surface area contributed by atoms with E-state index in [2.05, 4.69) is 4.98 Å². The molecule has 0 saturated carbocycles. The van der Waals surface area contributed by atoms with Gasteiger partial charge < -0.3 is 14.6 Å². The van der Waals surface area contributed by atoms with Crippen molar-refractivity contribution >= 4 is 11.0 Å². The number of aliphatic hydroxyl groups is 1. The first-order valence-electron chi connectivity index (χ1n) is 7.10. The number of fused-ring (bicyclic) bond motifs is 1. The van der Waals surface area contributed by atoms with E-state index in [0.717, 1.165) is 25.1 Å². The van der Waals surface area contributed by atoms with E-state index in [-0.39, 0.29) is 5.52 Å². The Morgan fingerprint density at radius 2 is 2.00 bits per heavy atom. The summed E-state index contributed by atoms with van der Waals surface area (Å²) in [5.74, 6) is 0.396. The van der Waals surface area contributed by atoms with Crippen LogP contribution in [0.4, 0.5) is 13.2 Å². The molecule has 1 aromatic heterocycles. The first-order valence-corrected chi connectivity index (χ1v) is 7.10. The van der Waals surface area contributed by atoms with E-state index in [1.807, 2.05) is 19.0 Å². The third-order valence-corrected chi connectivity index (χ3v) is 3.47. The maximum absolute atomic E-state index is 12.8. The number of hydrogen-bond donors (Lipinski definition) is 1. The average molecular weight is 315 g/mol. The molecule has 0 aliphatic carbocycles. The van der Waals surface area contributed by atoms with Gasteiger partial charge in [-0.1, -0.05) is 0 Å². The summed E-state index contributed by atoms with van der Waals surface area (Å²) in [7, 11) is 3.91. The van der Waals surface area contributed by atoms with Gasteiger partial charge in [-0.05, 0) is 52.2 Å². The smallest absolute Gasteiger partial charge is 0.385 e. The van der Waals surface area contributed by atoms with E-state index in [4.69, 9.17) is 0 Å². The van der Waals surface area contributed by atoms with Gasteiger partial charge in [0.05, 0.1) is 16.6 Å². The molecule has 2 aromatic rings. The number of alkyl halides is 3. The average Bonchev–Trinajstić information content (AvgIpc) is 2.76. The second-order valence-corrected chi connectivity index (χ2v) is 5.66. The zero-order valence-corrected chi connectivity index (χ0v) is 12.9. The summed E-state index contributed by atoms with van der Waals surface area (Å²) in [6, 6.07) is 3.51. The summed E-state index contributed by atoms with van der Waals surface area (Å²) < 4.78 is 40.1. The summed E-state index contributed by atoms with van der Waals surface area (Å²) in [5.41, 5.74) is 0.147. The standard InChI is InChI=1S/C15H20F3N3O/c1-10(22)14-19-12-9-11(15(16,17)18)5-6-13(12)21(14)8-4-7-20(2)3/h5-6,9-10,22H,4,7-8H2,1-3H3. The highest BCUT2D eigenvalue weighted by Gasteiger charge is 2.31. The van der Waals surface area contributed by atoms with Crippen molar-refractivity contribution in [2.45, 2.75) is 32.2 Å². The third-order valence-electron chi connectivity index (χ3n) is 3.47. The van der Waals surface area contributed by atoms with Crippen molar-refractivity contribution in [1.82, 2.24) is 14.5 Å². The summed E-state index contributed by atoms with van der Waals surface area (Å²) in [4.78, 5) is 6.21. The van der Waals surface area contributed by atoms with E-state index in [9.17, 15) is 18.3 Å². The molecule has 1 N–H and O–H groups in total. The molecule has 0 aliphatic heterocycles. The summed E-state index contributed by atoms with van der Waals surface area (Å²) in [5, 5.41) is 9.83. The Morgan fingerprint density at radius 1 is 1.32 bits per heavy atom. The van der Waals surface area contributed by atoms with Crippen molar-refractivity contribution in [3.63, 3.8) is 0 Å². The molecule has 122 valence electrons. The number of aromatic nitrogens is 2. The fourth-order valence-corrected chi connectivity index (χ4v) is 2.42. The van der Waals surface area contributed by atoms with Crippen LogP contribution in [0.25, 0.3) is 11.0 Å². The molecule has 1 atom stereocenters. The maximum Gasteiger partial charge on any atom is 0.416 e. The topological polar surface area (TPSA) is 41.3 Å². The molecule has 0 bridgehead atoms. The summed E-state index contributed by atoms with van der Waals surface area (Å²) >= 11 is 0. The minimum atomic E-state index is -4.39. The quantitative estimate of drug-likeness (QED) is 0.922. The van der Waals surface area contributed by atoms with Gasteiger partial charge in [-0.3, -0.25) is 0 Å². The maximum atomic E-state index is 12.8. The molecule has 2 rings (SSSR count). The number of imidazole rings is 1. The van der Waals surface area contributed by atoms with E-state index < -0.39 is 17.8 Å². The largest absolute Gasteiger partial charge is 0.416 e. The SMILES string of the molecule is CC(O)c1nc2cc(C(F)(F)F)ccc2n1CCCN(C)C. The number of aliphatic hydroxyl groups excluding tert-OH is 1. The zero-order valence-electron chi connectivity index (χ0n) is 12.9. The van der Waals surface area contributed by atoms with Gasteiger partial charge in [-0.15, -0.1) is 0 Å². The highest BCUT2D eigenvalue weighted by atomic mass is 19.4. The molecule has 22 heavy (non-hydrogen) atoms. The van der Waals surface area contributed by atoms with Crippen LogP contribution in [-0.4, -0.2) is 40.2 Å². The predicted molar refractivity (Wildman–Crippen MR) is 78.5 cm³/mol. The lowest BCUT2D eigenvalue weighted by Crippen LogP contribution is -2.16. The first kappa shape index (κ1) is 16.8. The lowest BCUT2D eigenvalue weighted by molar-refractivity contribution is -0.137. The molecule has 0 fully saturated rings. The highest BCUT2D eigenvalue weighted by Crippen LogP contribution is 2.32. The van der Waals surface area contributed by atoms with E-state index in [1.165, 1.54) is 6.07 Å². The van der Waals surface area contributed by atoms with Gasteiger partial charge >= 0.3 is 6.18 Å². The molecular formula is C15H20F3N3O. The van der Waals surface area contributed by atoms with E-state index in [0.29, 0.717) is 17.9 Å². The Morgan fingerprint density at radius 3 is 2.55 bits per heavy atom. The van der Waals surface area contributed by atoms with Gasteiger partial charge in [0.2, 0.25) is 0 Å². The van der Waals surface area contributed by atoms with Crippen LogP contribution < -0.4 is 0 Å². The Hall–Kier alpha value is -1.60. The molecule has 0 aliphatic rings. The van der Waals surface area contributed by atoms with Crippen molar-refractivity contribution in [1.29, 1.82) is 0 Å². The van der Waals surface area contributed by atoms with Crippen molar-refractivity contribution in [3.8, 4) is 0 Å². The lowest BCUT2D eigenvalue weighted by atomic mass is 10.2. The fourth-order valence-electron chi connectivity index (χ4n) is 2.42. The van der Waals surface area contributed by atoms with Crippen molar-refractivity contribution in [2.24, 2.45) is 0 Å². The van der Waals surface area contributed by atoms with Crippen LogP contribution in [0, 0.1) is 0 Å². The van der Waals surface area contributed by atoms with Gasteiger partial charge in [0.1, 0.15) is 11.9 Å². The Bertz CT molecular complexity index is 647. The van der Waals surface area contributed by atoms with Crippen LogP contribution in [0.1, 0.15) is 30.8 Å². The number of rotatable bonds is 5. The van der Waals surface area contributed by atoms with Gasteiger partial charge in [-0.25, -0.2) is 4.98 Å². The summed E-state index contributed by atoms with van der Waals surface area (Å²) in [6.07, 6.45) is -4.41. The molecule has 0 amide bonds. The number of halogens is 3. The van der Waals surface area contributed by atoms with Crippen LogP contribution in [0.2, 0.25) is 0 Å². The van der Waals surface area contributed by atoms with Crippen molar-refractivity contribution < 1.29 is 18.3 Å². The minimum Gasteiger partial charge on any atom is -0.385 e. The Labute approximate surface area is 127 Å². The second-order valence-electron chi connectivity index (χ2n) is 5.66. The second kappa shape index (κ2) is 6.26. The van der Waals surface area contributed by atoms with Gasteiger partial charge in [0.25, 0.3) is 0 Å². The molecule has 1 aromatic carbocycles. The van der Waals surface area contributed by atoms with Crippen LogP contribution in [-0.2, 0) is 12.7 Å². The molecule has 1 heterocycles. The molecule has 1 unspecified atom stereocenters. The molecule has 7 heteroatoms. The van der Waals surface area contributed by atoms with Crippen LogP contribution in [0.5, 0.6) is 0 Å². The van der Waals surface area contributed by atoms with E-state index >= 15 is 0 Å². The van der Waals surface area contributed by atoms with Crippen LogP contribution in [0.3, 0.4) is 0 Å². The van der Waals surface area contributed by atoms with Crippen molar-refractivity contribution in [2.75, 3.05) is 20.6 Å². The summed E-state index contributed by atoms with van der Waals surface area (Å²) in [6.45, 7) is 3.01. The molecular weight excluding hydrogens is 295 g/mol. The number of aryl methyl sites for hydroxylation is 1. The third kappa shape index (κ3) is 3.59. The monoisotopic (exact) mass is 315 g/mol. The number of hydrogen-bond acceptors (Lipinski definition) is 3. The van der Waals surface area contributed by atoms with Gasteiger partial charge in [0, 0.05) is 6.54 Å². The van der Waals surface area contributed by atoms with Gasteiger partial charge in [0.15, 0.2) is 0 Å². The normalized spacial score (nSPS) is 14.0. The lowest BCUT2D eigenvalue weighted by Gasteiger charge is -2.13. The zero-order chi connectivity index (χ0) is 16.5. The predicted octanol–water partition coefficient (Wildman–Crippen LogP) is 3.06. The Kier molecular flexibility index (Phi) is 4.77. The number of nitrogens with zero attached hydrogens (tertiary/aromatic N) is 3.